The number of carbonyl (C=O) groups excluding carboxylic acids is 2. The Kier molecular flexibility index (Phi) is 8.40. The van der Waals surface area contributed by atoms with Gasteiger partial charge in [-0.3, -0.25) is 9.59 Å². The highest BCUT2D eigenvalue weighted by atomic mass is 16.5. The molecule has 0 unspecified atom stereocenters. The third-order valence-electron chi connectivity index (χ3n) is 5.64. The summed E-state index contributed by atoms with van der Waals surface area (Å²) in [6.07, 6.45) is 0. The number of phenols is 1. The molecule has 1 amide bonds. The second-order valence-corrected chi connectivity index (χ2v) is 9.19. The number of amides is 1. The lowest BCUT2D eigenvalue weighted by Gasteiger charge is -2.27. The topological polar surface area (TPSA) is 99.5 Å². The molecule has 0 aliphatic carbocycles. The minimum atomic E-state index is -0.827. The normalized spacial score (nSPS) is 17.5. The van der Waals surface area contributed by atoms with E-state index >= 15 is 0 Å². The van der Waals surface area contributed by atoms with Gasteiger partial charge in [0.1, 0.15) is 11.5 Å². The summed E-state index contributed by atoms with van der Waals surface area (Å²) >= 11 is 0. The summed E-state index contributed by atoms with van der Waals surface area (Å²) in [5.41, 5.74) is 0.960. The second kappa shape index (κ2) is 11.3. The van der Waals surface area contributed by atoms with Gasteiger partial charge in [0.25, 0.3) is 11.7 Å². The number of likely N-dealkylation sites (tertiary alicyclic amines) is 1. The first-order chi connectivity index (χ1) is 16.6. The van der Waals surface area contributed by atoms with Crippen LogP contribution in [0.25, 0.3) is 5.76 Å². The monoisotopic (exact) mass is 482 g/mol. The van der Waals surface area contributed by atoms with E-state index in [9.17, 15) is 19.8 Å². The molecule has 188 valence electrons. The van der Waals surface area contributed by atoms with Crippen LogP contribution in [0.5, 0.6) is 17.2 Å². The zero-order chi connectivity index (χ0) is 25.7. The summed E-state index contributed by atoms with van der Waals surface area (Å²) in [4.78, 5) is 29.6. The van der Waals surface area contributed by atoms with Crippen LogP contribution in [0.15, 0.2) is 48.0 Å². The lowest BCUT2D eigenvalue weighted by atomic mass is 9.95. The van der Waals surface area contributed by atoms with Crippen LogP contribution in [-0.2, 0) is 9.59 Å². The van der Waals surface area contributed by atoms with Crippen LogP contribution in [0.2, 0.25) is 0 Å². The Hall–Kier alpha value is -3.52. The molecule has 1 aliphatic heterocycles. The van der Waals surface area contributed by atoms with E-state index in [2.05, 4.69) is 13.8 Å². The molecular weight excluding hydrogens is 448 g/mol. The highest BCUT2D eigenvalue weighted by molar-refractivity contribution is 6.46. The number of Topliss-reactive ketones (excluding diaryl/α,β-unsaturated/α-hetero) is 1. The van der Waals surface area contributed by atoms with Crippen molar-refractivity contribution in [3.8, 4) is 17.2 Å². The molecule has 3 rings (SSSR count). The molecular formula is C27H34N2O6. The lowest BCUT2D eigenvalue weighted by molar-refractivity contribution is -0.140. The molecule has 35 heavy (non-hydrogen) atoms. The Morgan fingerprint density at radius 1 is 1.09 bits per heavy atom. The zero-order valence-electron chi connectivity index (χ0n) is 20.9. The molecule has 2 aromatic carbocycles. The van der Waals surface area contributed by atoms with Crippen LogP contribution in [0.3, 0.4) is 0 Å². The van der Waals surface area contributed by atoms with Gasteiger partial charge in [0.2, 0.25) is 0 Å². The van der Waals surface area contributed by atoms with Crippen molar-refractivity contribution in [3.05, 3.63) is 59.2 Å². The Morgan fingerprint density at radius 2 is 1.77 bits per heavy atom. The molecule has 1 fully saturated rings. The van der Waals surface area contributed by atoms with E-state index in [4.69, 9.17) is 9.47 Å². The molecule has 1 aliphatic rings. The molecule has 1 saturated heterocycles. The Morgan fingerprint density at radius 3 is 2.37 bits per heavy atom. The van der Waals surface area contributed by atoms with E-state index in [-0.39, 0.29) is 29.4 Å². The Bertz CT molecular complexity index is 1090. The average molecular weight is 483 g/mol. The van der Waals surface area contributed by atoms with E-state index in [1.807, 2.05) is 19.0 Å². The molecule has 0 radical (unpaired) electrons. The molecule has 1 atom stereocenters. The van der Waals surface area contributed by atoms with Crippen LogP contribution in [0.4, 0.5) is 0 Å². The smallest absolute Gasteiger partial charge is 0.295 e. The Balaban J connectivity index is 2.07. The number of likely N-dealkylation sites (N-methyl/N-ethyl adjacent to an activating group) is 1. The van der Waals surface area contributed by atoms with Gasteiger partial charge in [0.15, 0.2) is 11.5 Å². The number of rotatable bonds is 10. The molecule has 0 spiro atoms. The van der Waals surface area contributed by atoms with Gasteiger partial charge in [-0.2, -0.15) is 0 Å². The summed E-state index contributed by atoms with van der Waals surface area (Å²) in [5, 5.41) is 21.4. The van der Waals surface area contributed by atoms with Crippen molar-refractivity contribution in [2.75, 3.05) is 40.4 Å². The van der Waals surface area contributed by atoms with E-state index in [1.165, 1.54) is 11.0 Å². The molecule has 2 aromatic rings. The van der Waals surface area contributed by atoms with Gasteiger partial charge < -0.3 is 29.5 Å². The minimum Gasteiger partial charge on any atom is -0.507 e. The highest BCUT2D eigenvalue weighted by Crippen LogP contribution is 2.41. The van der Waals surface area contributed by atoms with Gasteiger partial charge >= 0.3 is 0 Å². The van der Waals surface area contributed by atoms with Crippen LogP contribution in [-0.4, -0.2) is 72.1 Å². The standard InChI is InChI=1S/C27H34N2O6/c1-6-34-22-15-19(9-12-21(22)30)24-23(26(32)27(33)29(24)14-13-28(4)5)25(31)18-7-10-20(11-8-18)35-16-17(2)3/h7-12,15,17,24,30-31H,6,13-14,16H2,1-5H3/t24-/m1/s1. The number of aliphatic hydroxyl groups is 1. The summed E-state index contributed by atoms with van der Waals surface area (Å²) in [6.45, 7) is 7.61. The first-order valence-corrected chi connectivity index (χ1v) is 11.8. The number of aliphatic hydroxyl groups excluding tert-OH is 1. The van der Waals surface area contributed by atoms with E-state index in [0.29, 0.717) is 42.6 Å². The SMILES string of the molecule is CCOc1cc([C@@H]2C(=C(O)c3ccc(OCC(C)C)cc3)C(=O)C(=O)N2CCN(C)C)ccc1O. The number of nitrogens with zero attached hydrogens (tertiary/aromatic N) is 2. The number of benzene rings is 2. The van der Waals surface area contributed by atoms with Crippen LogP contribution >= 0.6 is 0 Å². The quantitative estimate of drug-likeness (QED) is 0.302. The summed E-state index contributed by atoms with van der Waals surface area (Å²) in [5.74, 6) is -0.472. The fourth-order valence-electron chi connectivity index (χ4n) is 3.86. The lowest BCUT2D eigenvalue weighted by Crippen LogP contribution is -2.35. The fourth-order valence-corrected chi connectivity index (χ4v) is 3.86. The van der Waals surface area contributed by atoms with Crippen molar-refractivity contribution in [2.45, 2.75) is 26.8 Å². The van der Waals surface area contributed by atoms with Gasteiger partial charge in [-0.1, -0.05) is 19.9 Å². The van der Waals surface area contributed by atoms with Gasteiger partial charge in [0.05, 0.1) is 24.8 Å². The van der Waals surface area contributed by atoms with E-state index < -0.39 is 17.7 Å². The molecule has 0 aromatic heterocycles. The number of hydrogen-bond donors (Lipinski definition) is 2. The van der Waals surface area contributed by atoms with E-state index in [1.54, 1.807) is 43.3 Å². The van der Waals surface area contributed by atoms with Crippen LogP contribution in [0, 0.1) is 5.92 Å². The fraction of sp³-hybridized carbons (Fsp3) is 0.407. The van der Waals surface area contributed by atoms with Crippen molar-refractivity contribution < 1.29 is 29.3 Å². The van der Waals surface area contributed by atoms with Crippen molar-refractivity contribution in [1.82, 2.24) is 9.80 Å². The summed E-state index contributed by atoms with van der Waals surface area (Å²) in [7, 11) is 3.75. The number of carbonyl (C=O) groups is 2. The number of ketones is 1. The predicted octanol–water partition coefficient (Wildman–Crippen LogP) is 3.81. The first-order valence-electron chi connectivity index (χ1n) is 11.8. The third kappa shape index (κ3) is 5.95. The number of aromatic hydroxyl groups is 1. The maximum Gasteiger partial charge on any atom is 0.295 e. The molecule has 8 heteroatoms. The largest absolute Gasteiger partial charge is 0.507 e. The number of ether oxygens (including phenoxy) is 2. The molecule has 0 bridgehead atoms. The zero-order valence-corrected chi connectivity index (χ0v) is 20.9. The molecule has 8 nitrogen and oxygen atoms in total. The van der Waals surface area contributed by atoms with E-state index in [0.717, 1.165) is 0 Å². The van der Waals surface area contributed by atoms with Crippen LogP contribution in [0.1, 0.15) is 37.9 Å². The second-order valence-electron chi connectivity index (χ2n) is 9.19. The van der Waals surface area contributed by atoms with Crippen molar-refractivity contribution >= 4 is 17.4 Å². The predicted molar refractivity (Wildman–Crippen MR) is 134 cm³/mol. The van der Waals surface area contributed by atoms with Gasteiger partial charge in [-0.25, -0.2) is 0 Å². The summed E-state index contributed by atoms with van der Waals surface area (Å²) < 4.78 is 11.2. The van der Waals surface area contributed by atoms with Crippen LogP contribution < -0.4 is 9.47 Å². The minimum absolute atomic E-state index is 0.00209. The van der Waals surface area contributed by atoms with Gasteiger partial charge in [-0.15, -0.1) is 0 Å². The van der Waals surface area contributed by atoms with Crippen molar-refractivity contribution in [2.24, 2.45) is 5.92 Å². The molecule has 0 saturated carbocycles. The van der Waals surface area contributed by atoms with Gasteiger partial charge in [0, 0.05) is 18.7 Å². The first kappa shape index (κ1) is 26.1. The summed E-state index contributed by atoms with van der Waals surface area (Å²) in [6, 6.07) is 10.7. The van der Waals surface area contributed by atoms with Gasteiger partial charge in [-0.05, 0) is 68.9 Å². The Labute approximate surface area is 206 Å². The number of hydrogen-bond acceptors (Lipinski definition) is 7. The number of phenolic OH excluding ortho intramolecular Hbond substituents is 1. The third-order valence-corrected chi connectivity index (χ3v) is 5.64. The van der Waals surface area contributed by atoms with Crippen molar-refractivity contribution in [1.29, 1.82) is 0 Å². The maximum atomic E-state index is 13.2. The average Bonchev–Trinajstić information content (AvgIpc) is 3.07. The molecule has 2 N–H and O–H groups in total. The highest BCUT2D eigenvalue weighted by Gasteiger charge is 2.46. The maximum absolute atomic E-state index is 13.2. The van der Waals surface area contributed by atoms with Crippen molar-refractivity contribution in [3.63, 3.8) is 0 Å². The molecule has 1 heterocycles.